The normalized spacial score (nSPS) is 10.5. The van der Waals surface area contributed by atoms with Crippen LogP contribution in [0.4, 0.5) is 10.1 Å². The van der Waals surface area contributed by atoms with Gasteiger partial charge in [0.15, 0.2) is 11.0 Å². The summed E-state index contributed by atoms with van der Waals surface area (Å²) in [6.07, 6.45) is 0. The van der Waals surface area contributed by atoms with Crippen LogP contribution >= 0.6 is 11.8 Å². The van der Waals surface area contributed by atoms with Gasteiger partial charge in [-0.2, -0.15) is 5.26 Å². The maximum atomic E-state index is 13.5. The van der Waals surface area contributed by atoms with Crippen molar-refractivity contribution in [1.29, 1.82) is 5.26 Å². The van der Waals surface area contributed by atoms with E-state index in [1.165, 1.54) is 23.9 Å². The second-order valence-corrected chi connectivity index (χ2v) is 7.42. The van der Waals surface area contributed by atoms with Gasteiger partial charge in [0.1, 0.15) is 11.9 Å². The van der Waals surface area contributed by atoms with E-state index in [1.807, 2.05) is 30.3 Å². The zero-order valence-electron chi connectivity index (χ0n) is 16.2. The molecule has 0 bridgehead atoms. The Morgan fingerprint density at radius 1 is 1.00 bits per heavy atom. The van der Waals surface area contributed by atoms with Crippen LogP contribution in [0.1, 0.15) is 5.56 Å². The van der Waals surface area contributed by atoms with Crippen LogP contribution in [0.15, 0.2) is 84.0 Å². The average molecular weight is 429 g/mol. The Labute approximate surface area is 182 Å². The van der Waals surface area contributed by atoms with Gasteiger partial charge in [0.2, 0.25) is 5.91 Å². The number of amides is 1. The SMILES string of the molecule is N#Cc1ccccc1NC(=O)CSc1nnc(-c2ccccc2)n1-c1ccc(F)cc1. The second kappa shape index (κ2) is 9.24. The van der Waals surface area contributed by atoms with Crippen molar-refractivity contribution in [3.63, 3.8) is 0 Å². The minimum absolute atomic E-state index is 0.0634. The molecular weight excluding hydrogens is 413 g/mol. The minimum Gasteiger partial charge on any atom is -0.324 e. The van der Waals surface area contributed by atoms with Crippen molar-refractivity contribution in [3.05, 3.63) is 90.2 Å². The Balaban J connectivity index is 1.60. The van der Waals surface area contributed by atoms with E-state index in [9.17, 15) is 14.4 Å². The Kier molecular flexibility index (Phi) is 6.05. The number of nitriles is 1. The van der Waals surface area contributed by atoms with E-state index in [1.54, 1.807) is 41.0 Å². The van der Waals surface area contributed by atoms with E-state index in [-0.39, 0.29) is 17.5 Å². The number of hydrogen-bond donors (Lipinski definition) is 1. The number of thioether (sulfide) groups is 1. The molecule has 0 saturated carbocycles. The van der Waals surface area contributed by atoms with Crippen LogP contribution in [0, 0.1) is 17.1 Å². The first kappa shape index (κ1) is 20.3. The van der Waals surface area contributed by atoms with E-state index in [0.29, 0.717) is 27.9 Å². The van der Waals surface area contributed by atoms with Gasteiger partial charge >= 0.3 is 0 Å². The molecule has 1 N–H and O–H groups in total. The molecule has 0 unspecified atom stereocenters. The molecule has 0 aliphatic heterocycles. The van der Waals surface area contributed by atoms with Crippen LogP contribution in [0.5, 0.6) is 0 Å². The summed E-state index contributed by atoms with van der Waals surface area (Å²) in [7, 11) is 0. The lowest BCUT2D eigenvalue weighted by molar-refractivity contribution is -0.113. The van der Waals surface area contributed by atoms with Gasteiger partial charge in [0.25, 0.3) is 0 Å². The summed E-state index contributed by atoms with van der Waals surface area (Å²) in [6.45, 7) is 0. The number of carbonyl (C=O) groups is 1. The lowest BCUT2D eigenvalue weighted by atomic mass is 10.2. The number of benzene rings is 3. The molecule has 6 nitrogen and oxygen atoms in total. The smallest absolute Gasteiger partial charge is 0.234 e. The predicted molar refractivity (Wildman–Crippen MR) is 117 cm³/mol. The summed E-state index contributed by atoms with van der Waals surface area (Å²) in [5, 5.41) is 21.0. The molecule has 152 valence electrons. The molecule has 8 heteroatoms. The van der Waals surface area contributed by atoms with Gasteiger partial charge in [0, 0.05) is 11.3 Å². The highest BCUT2D eigenvalue weighted by Gasteiger charge is 2.17. The first-order valence-corrected chi connectivity index (χ1v) is 10.3. The Bertz CT molecular complexity index is 1250. The molecule has 4 aromatic rings. The summed E-state index contributed by atoms with van der Waals surface area (Å²) >= 11 is 1.20. The second-order valence-electron chi connectivity index (χ2n) is 6.48. The Hall–Kier alpha value is -3.96. The summed E-state index contributed by atoms with van der Waals surface area (Å²) in [5.74, 6) is 0.0313. The van der Waals surface area contributed by atoms with Crippen molar-refractivity contribution in [2.24, 2.45) is 0 Å². The largest absolute Gasteiger partial charge is 0.324 e. The molecule has 1 amide bonds. The lowest BCUT2D eigenvalue weighted by Crippen LogP contribution is -2.15. The van der Waals surface area contributed by atoms with Crippen LogP contribution < -0.4 is 5.32 Å². The number of nitrogens with zero attached hydrogens (tertiary/aromatic N) is 4. The standard InChI is InChI=1S/C23H16FN5OS/c24-18-10-12-19(13-11-18)29-22(16-6-2-1-3-7-16)27-28-23(29)31-15-21(30)26-20-9-5-4-8-17(20)14-25/h1-13H,15H2,(H,26,30). The quantitative estimate of drug-likeness (QED) is 0.450. The number of carbonyl (C=O) groups excluding carboxylic acids is 1. The summed E-state index contributed by atoms with van der Waals surface area (Å²) in [5.41, 5.74) is 2.38. The van der Waals surface area contributed by atoms with Crippen molar-refractivity contribution < 1.29 is 9.18 Å². The van der Waals surface area contributed by atoms with Crippen LogP contribution in [0.3, 0.4) is 0 Å². The molecular formula is C23H16FN5OS. The van der Waals surface area contributed by atoms with Gasteiger partial charge in [-0.05, 0) is 36.4 Å². The molecule has 0 fully saturated rings. The van der Waals surface area contributed by atoms with Crippen LogP contribution in [0.25, 0.3) is 17.1 Å². The fraction of sp³-hybridized carbons (Fsp3) is 0.0435. The van der Waals surface area contributed by atoms with E-state index in [2.05, 4.69) is 21.6 Å². The van der Waals surface area contributed by atoms with Crippen molar-refractivity contribution in [3.8, 4) is 23.1 Å². The number of para-hydroxylation sites is 1. The molecule has 0 aliphatic rings. The third-order valence-corrected chi connectivity index (χ3v) is 5.33. The first-order chi connectivity index (χ1) is 15.2. The zero-order chi connectivity index (χ0) is 21.6. The highest BCUT2D eigenvalue weighted by molar-refractivity contribution is 7.99. The van der Waals surface area contributed by atoms with E-state index in [0.717, 1.165) is 5.56 Å². The van der Waals surface area contributed by atoms with E-state index >= 15 is 0 Å². The van der Waals surface area contributed by atoms with Gasteiger partial charge < -0.3 is 5.32 Å². The van der Waals surface area contributed by atoms with Crippen molar-refractivity contribution in [2.45, 2.75) is 5.16 Å². The number of hydrogen-bond acceptors (Lipinski definition) is 5. The molecule has 3 aromatic carbocycles. The predicted octanol–water partition coefficient (Wildman–Crippen LogP) is 4.68. The molecule has 0 spiro atoms. The minimum atomic E-state index is -0.345. The number of rotatable bonds is 6. The van der Waals surface area contributed by atoms with Crippen molar-refractivity contribution in [2.75, 3.05) is 11.1 Å². The maximum Gasteiger partial charge on any atom is 0.234 e. The van der Waals surface area contributed by atoms with E-state index < -0.39 is 0 Å². The van der Waals surface area contributed by atoms with Gasteiger partial charge in [-0.15, -0.1) is 10.2 Å². The van der Waals surface area contributed by atoms with Gasteiger partial charge in [-0.25, -0.2) is 4.39 Å². The topological polar surface area (TPSA) is 83.6 Å². The third kappa shape index (κ3) is 4.63. The molecule has 31 heavy (non-hydrogen) atoms. The lowest BCUT2D eigenvalue weighted by Gasteiger charge is -2.11. The molecule has 0 radical (unpaired) electrons. The molecule has 0 aliphatic carbocycles. The molecule has 4 rings (SSSR count). The van der Waals surface area contributed by atoms with Gasteiger partial charge in [-0.1, -0.05) is 54.2 Å². The molecule has 1 aromatic heterocycles. The van der Waals surface area contributed by atoms with E-state index in [4.69, 9.17) is 0 Å². The van der Waals surface area contributed by atoms with Crippen molar-refractivity contribution >= 4 is 23.4 Å². The first-order valence-electron chi connectivity index (χ1n) is 9.34. The number of nitrogens with one attached hydrogen (secondary N) is 1. The highest BCUT2D eigenvalue weighted by Crippen LogP contribution is 2.28. The van der Waals surface area contributed by atoms with Gasteiger partial charge in [0.05, 0.1) is 17.0 Å². The molecule has 0 saturated heterocycles. The molecule has 0 atom stereocenters. The Morgan fingerprint density at radius 3 is 2.45 bits per heavy atom. The Morgan fingerprint density at radius 2 is 1.71 bits per heavy atom. The van der Waals surface area contributed by atoms with Crippen LogP contribution in [-0.2, 0) is 4.79 Å². The monoisotopic (exact) mass is 429 g/mol. The number of aromatic nitrogens is 3. The molecule has 1 heterocycles. The van der Waals surface area contributed by atoms with Gasteiger partial charge in [-0.3, -0.25) is 9.36 Å². The van der Waals surface area contributed by atoms with Crippen molar-refractivity contribution in [1.82, 2.24) is 14.8 Å². The fourth-order valence-corrected chi connectivity index (χ4v) is 3.72. The average Bonchev–Trinajstić information content (AvgIpc) is 3.23. The number of halogens is 1. The highest BCUT2D eigenvalue weighted by atomic mass is 32.2. The van der Waals surface area contributed by atoms with Crippen LogP contribution in [0.2, 0.25) is 0 Å². The fourth-order valence-electron chi connectivity index (χ4n) is 2.97. The summed E-state index contributed by atoms with van der Waals surface area (Å²) in [4.78, 5) is 12.5. The summed E-state index contributed by atoms with van der Waals surface area (Å²) < 4.78 is 15.2. The van der Waals surface area contributed by atoms with Crippen LogP contribution in [-0.4, -0.2) is 26.4 Å². The zero-order valence-corrected chi connectivity index (χ0v) is 17.0. The summed E-state index contributed by atoms with van der Waals surface area (Å²) in [6, 6.07) is 24.4. The third-order valence-electron chi connectivity index (χ3n) is 4.40. The maximum absolute atomic E-state index is 13.5. The number of anilines is 1.